The van der Waals surface area contributed by atoms with Gasteiger partial charge in [-0.25, -0.2) is 8.42 Å². The van der Waals surface area contributed by atoms with Crippen LogP contribution in [-0.2, 0) is 19.6 Å². The van der Waals surface area contributed by atoms with Gasteiger partial charge in [0.05, 0.1) is 18.5 Å². The molecule has 3 heterocycles. The van der Waals surface area contributed by atoms with E-state index in [1.165, 1.54) is 4.31 Å². The lowest BCUT2D eigenvalue weighted by atomic mass is 9.98. The first kappa shape index (κ1) is 26.9. The summed E-state index contributed by atoms with van der Waals surface area (Å²) < 4.78 is 32.0. The lowest BCUT2D eigenvalue weighted by Crippen LogP contribution is -2.61. The molecule has 0 aliphatic carbocycles. The van der Waals surface area contributed by atoms with Gasteiger partial charge in [-0.05, 0) is 73.5 Å². The van der Waals surface area contributed by atoms with Crippen LogP contribution in [0.15, 0.2) is 54.9 Å². The molecule has 1 N–H and O–H groups in total. The number of carbonyl (C=O) groups excluding carboxylic acids is 1. The van der Waals surface area contributed by atoms with Gasteiger partial charge >= 0.3 is 0 Å². The zero-order chi connectivity index (χ0) is 27.1. The van der Waals surface area contributed by atoms with Gasteiger partial charge in [-0.2, -0.15) is 4.31 Å². The smallest absolute Gasteiger partial charge is 0.243 e. The number of hydrogen-bond acceptors (Lipinski definition) is 6. The molecule has 0 bridgehead atoms. The number of pyridine rings is 1. The van der Waals surface area contributed by atoms with Crippen molar-refractivity contribution in [1.82, 2.24) is 14.2 Å². The van der Waals surface area contributed by atoms with Crippen LogP contribution in [0.2, 0.25) is 5.02 Å². The number of benzene rings is 2. The molecule has 2 fully saturated rings. The van der Waals surface area contributed by atoms with E-state index in [0.29, 0.717) is 18.1 Å². The maximum Gasteiger partial charge on any atom is 0.243 e. The molecule has 1 atom stereocenters. The third kappa shape index (κ3) is 5.81. The number of morpholine rings is 1. The van der Waals surface area contributed by atoms with Gasteiger partial charge in [-0.3, -0.25) is 9.78 Å². The first-order valence-electron chi connectivity index (χ1n) is 12.8. The van der Waals surface area contributed by atoms with Crippen LogP contribution in [0, 0.1) is 0 Å². The van der Waals surface area contributed by atoms with Crippen molar-refractivity contribution in [3.05, 3.63) is 59.9 Å². The number of piperidine rings is 1. The molecular formula is C28H33ClN4O4S. The Labute approximate surface area is 229 Å². The Morgan fingerprint density at radius 2 is 1.89 bits per heavy atom. The van der Waals surface area contributed by atoms with E-state index < -0.39 is 21.7 Å². The fourth-order valence-electron chi connectivity index (χ4n) is 5.29. The topological polar surface area (TPSA) is 91.8 Å². The monoisotopic (exact) mass is 556 g/mol. The number of nitrogens with one attached hydrogen (secondary N) is 1. The standard InChI is InChI=1S/C28H33ClN4O4S/c1-28(2)18-33(38(3,35)36)26(17-37-28)27(34)32-11-8-23(9-12-32)31-25-15-21(19-5-4-6-22(29)14-19)13-20-7-10-30-16-24(20)25/h4-7,10,13-16,23,26,31H,8-9,11-12,17-18H2,1-3H3/t26-/m0/s1. The van der Waals surface area contributed by atoms with Crippen LogP contribution in [0.5, 0.6) is 0 Å². The van der Waals surface area contributed by atoms with E-state index in [9.17, 15) is 13.2 Å². The second kappa shape index (κ2) is 10.4. The van der Waals surface area contributed by atoms with Gasteiger partial charge in [0.1, 0.15) is 6.04 Å². The first-order chi connectivity index (χ1) is 18.0. The molecule has 1 amide bonds. The molecule has 8 nitrogen and oxygen atoms in total. The molecule has 5 rings (SSSR count). The van der Waals surface area contributed by atoms with Crippen molar-refractivity contribution >= 4 is 44.0 Å². The molecule has 202 valence electrons. The van der Waals surface area contributed by atoms with Crippen molar-refractivity contribution in [1.29, 1.82) is 0 Å². The number of hydrogen-bond donors (Lipinski definition) is 1. The Morgan fingerprint density at radius 1 is 1.13 bits per heavy atom. The summed E-state index contributed by atoms with van der Waals surface area (Å²) in [6, 6.07) is 13.4. The van der Waals surface area contributed by atoms with Gasteiger partial charge in [0.15, 0.2) is 0 Å². The number of anilines is 1. The number of halogens is 1. The molecule has 0 unspecified atom stereocenters. The summed E-state index contributed by atoms with van der Waals surface area (Å²) in [5, 5.41) is 6.48. The number of ether oxygens (including phenoxy) is 1. The summed E-state index contributed by atoms with van der Waals surface area (Å²) in [6.45, 7) is 4.97. The number of fused-ring (bicyclic) bond motifs is 1. The summed E-state index contributed by atoms with van der Waals surface area (Å²) >= 11 is 6.25. The Balaban J connectivity index is 1.31. The zero-order valence-corrected chi connectivity index (χ0v) is 23.4. The number of nitrogens with zero attached hydrogens (tertiary/aromatic N) is 3. The van der Waals surface area contributed by atoms with Crippen LogP contribution >= 0.6 is 11.6 Å². The normalized spacial score (nSPS) is 20.9. The van der Waals surface area contributed by atoms with Crippen LogP contribution in [0.3, 0.4) is 0 Å². The average Bonchev–Trinajstić information content (AvgIpc) is 2.88. The van der Waals surface area contributed by atoms with Crippen LogP contribution < -0.4 is 5.32 Å². The number of amides is 1. The molecule has 2 aromatic carbocycles. The molecule has 10 heteroatoms. The summed E-state index contributed by atoms with van der Waals surface area (Å²) in [6.07, 6.45) is 6.29. The van der Waals surface area contributed by atoms with Gasteiger partial charge in [-0.1, -0.05) is 23.7 Å². The Hall–Kier alpha value is -2.72. The lowest BCUT2D eigenvalue weighted by molar-refractivity contribution is -0.149. The molecule has 2 saturated heterocycles. The van der Waals surface area contributed by atoms with Crippen molar-refractivity contribution < 1.29 is 17.9 Å². The molecule has 0 spiro atoms. The molecular weight excluding hydrogens is 524 g/mol. The Morgan fingerprint density at radius 3 is 2.61 bits per heavy atom. The zero-order valence-electron chi connectivity index (χ0n) is 21.9. The number of rotatable bonds is 5. The van der Waals surface area contributed by atoms with Gasteiger partial charge in [-0.15, -0.1) is 0 Å². The molecule has 0 saturated carbocycles. The molecule has 1 aromatic heterocycles. The molecule has 0 radical (unpaired) electrons. The maximum absolute atomic E-state index is 13.4. The minimum Gasteiger partial charge on any atom is -0.382 e. The van der Waals surface area contributed by atoms with Crippen LogP contribution in [0.4, 0.5) is 5.69 Å². The van der Waals surface area contributed by atoms with E-state index in [0.717, 1.165) is 46.7 Å². The van der Waals surface area contributed by atoms with Crippen LogP contribution in [-0.4, -0.2) is 78.7 Å². The van der Waals surface area contributed by atoms with Crippen molar-refractivity contribution in [2.24, 2.45) is 0 Å². The number of likely N-dealkylation sites (tertiary alicyclic amines) is 1. The summed E-state index contributed by atoms with van der Waals surface area (Å²) in [4.78, 5) is 19.5. The molecule has 2 aliphatic heterocycles. The highest BCUT2D eigenvalue weighted by Gasteiger charge is 2.44. The van der Waals surface area contributed by atoms with E-state index in [4.69, 9.17) is 16.3 Å². The van der Waals surface area contributed by atoms with Gasteiger partial charge < -0.3 is 15.0 Å². The van der Waals surface area contributed by atoms with E-state index in [2.05, 4.69) is 22.4 Å². The number of carbonyl (C=O) groups is 1. The highest BCUT2D eigenvalue weighted by molar-refractivity contribution is 7.88. The average molecular weight is 557 g/mol. The second-order valence-electron chi connectivity index (χ2n) is 10.8. The van der Waals surface area contributed by atoms with Crippen molar-refractivity contribution in [3.8, 4) is 11.1 Å². The quantitative estimate of drug-likeness (QED) is 0.501. The minimum absolute atomic E-state index is 0.0619. The molecule has 2 aliphatic rings. The molecule has 3 aromatic rings. The van der Waals surface area contributed by atoms with Gasteiger partial charge in [0, 0.05) is 54.2 Å². The SMILES string of the molecule is CC1(C)CN(S(C)(=O)=O)[C@H](C(=O)N2CCC(Nc3cc(-c4cccc(Cl)c4)cc4ccncc34)CC2)CO1. The fourth-order valence-corrected chi connectivity index (χ4v) is 6.64. The van der Waals surface area contributed by atoms with Gasteiger partial charge in [0.2, 0.25) is 15.9 Å². The third-order valence-electron chi connectivity index (χ3n) is 7.31. The Kier molecular flexibility index (Phi) is 7.39. The fraction of sp³-hybridized carbons (Fsp3) is 0.429. The summed E-state index contributed by atoms with van der Waals surface area (Å²) in [5.74, 6) is -0.193. The third-order valence-corrected chi connectivity index (χ3v) is 8.78. The minimum atomic E-state index is -3.55. The largest absolute Gasteiger partial charge is 0.382 e. The van der Waals surface area contributed by atoms with Crippen LogP contribution in [0.1, 0.15) is 26.7 Å². The number of aromatic nitrogens is 1. The van der Waals surface area contributed by atoms with E-state index in [-0.39, 0.29) is 25.1 Å². The van der Waals surface area contributed by atoms with E-state index in [1.807, 2.05) is 50.4 Å². The second-order valence-corrected chi connectivity index (χ2v) is 13.1. The highest BCUT2D eigenvalue weighted by Crippen LogP contribution is 2.33. The van der Waals surface area contributed by atoms with E-state index >= 15 is 0 Å². The lowest BCUT2D eigenvalue weighted by Gasteiger charge is -2.43. The Bertz CT molecular complexity index is 1450. The number of sulfonamides is 1. The van der Waals surface area contributed by atoms with Crippen molar-refractivity contribution in [2.75, 3.05) is 37.8 Å². The van der Waals surface area contributed by atoms with Crippen LogP contribution in [0.25, 0.3) is 21.9 Å². The summed E-state index contributed by atoms with van der Waals surface area (Å²) in [5.41, 5.74) is 2.45. The first-order valence-corrected chi connectivity index (χ1v) is 15.0. The predicted octanol–water partition coefficient (Wildman–Crippen LogP) is 4.40. The molecule has 38 heavy (non-hydrogen) atoms. The predicted molar refractivity (Wildman–Crippen MR) is 151 cm³/mol. The maximum atomic E-state index is 13.4. The highest BCUT2D eigenvalue weighted by atomic mass is 35.5. The van der Waals surface area contributed by atoms with Crippen molar-refractivity contribution in [2.45, 2.75) is 44.4 Å². The summed E-state index contributed by atoms with van der Waals surface area (Å²) in [7, 11) is -3.55. The van der Waals surface area contributed by atoms with E-state index in [1.54, 1.807) is 11.1 Å². The van der Waals surface area contributed by atoms with Gasteiger partial charge in [0.25, 0.3) is 0 Å². The van der Waals surface area contributed by atoms with Crippen molar-refractivity contribution in [3.63, 3.8) is 0 Å².